The van der Waals surface area contributed by atoms with Crippen LogP contribution < -0.4 is 5.73 Å². The lowest BCUT2D eigenvalue weighted by atomic mass is 9.90. The number of carbonyl (C=O) groups excluding carboxylic acids is 1. The summed E-state index contributed by atoms with van der Waals surface area (Å²) < 4.78 is 25.1. The highest BCUT2D eigenvalue weighted by Gasteiger charge is 2.45. The maximum atomic E-state index is 13.8. The average Bonchev–Trinajstić information content (AvgIpc) is 3.91. The van der Waals surface area contributed by atoms with Crippen molar-refractivity contribution in [2.24, 2.45) is 5.92 Å². The molecule has 1 unspecified atom stereocenters. The molecule has 11 heteroatoms. The fourth-order valence-electron chi connectivity index (χ4n) is 7.63. The number of benzene rings is 1. The first kappa shape index (κ1) is 30.1. The number of carbonyl (C=O) groups is 1. The van der Waals surface area contributed by atoms with E-state index in [0.29, 0.717) is 29.1 Å². The van der Waals surface area contributed by atoms with Crippen LogP contribution in [0, 0.1) is 18.7 Å². The van der Waals surface area contributed by atoms with E-state index in [0.717, 1.165) is 109 Å². The minimum absolute atomic E-state index is 0.0302. The van der Waals surface area contributed by atoms with Gasteiger partial charge in [0.1, 0.15) is 11.6 Å². The van der Waals surface area contributed by atoms with Crippen LogP contribution in [0.5, 0.6) is 0 Å². The summed E-state index contributed by atoms with van der Waals surface area (Å²) in [5.74, 6) is 1.91. The molecule has 0 radical (unpaired) electrons. The summed E-state index contributed by atoms with van der Waals surface area (Å²) >= 11 is 1.55. The number of nitrogens with zero attached hydrogens (tertiary/aromatic N) is 5. The van der Waals surface area contributed by atoms with E-state index in [-0.39, 0.29) is 17.8 Å². The van der Waals surface area contributed by atoms with Gasteiger partial charge in [-0.25, -0.2) is 9.37 Å². The van der Waals surface area contributed by atoms with Crippen LogP contribution >= 0.6 is 11.3 Å². The summed E-state index contributed by atoms with van der Waals surface area (Å²) in [7, 11) is 0. The molecule has 47 heavy (non-hydrogen) atoms. The number of nitrogen functional groups attached to an aromatic ring is 1. The average molecular weight is 653 g/mol. The van der Waals surface area contributed by atoms with Gasteiger partial charge < -0.3 is 19.8 Å². The van der Waals surface area contributed by atoms with E-state index in [4.69, 9.17) is 19.9 Å². The van der Waals surface area contributed by atoms with Gasteiger partial charge in [0, 0.05) is 43.3 Å². The van der Waals surface area contributed by atoms with Gasteiger partial charge in [0.05, 0.1) is 33.3 Å². The summed E-state index contributed by atoms with van der Waals surface area (Å²) in [4.78, 5) is 26.3. The summed E-state index contributed by atoms with van der Waals surface area (Å²) in [5, 5.41) is 9.55. The Morgan fingerprint density at radius 2 is 1.87 bits per heavy atom. The third kappa shape index (κ3) is 5.59. The highest BCUT2D eigenvalue weighted by molar-refractivity contribution is 7.22. The molecule has 1 aromatic carbocycles. The first-order valence-electron chi connectivity index (χ1n) is 16.6. The molecule has 1 aliphatic carbocycles. The van der Waals surface area contributed by atoms with E-state index < -0.39 is 0 Å². The van der Waals surface area contributed by atoms with Gasteiger partial charge in [0.2, 0.25) is 11.8 Å². The molecule has 1 atom stereocenters. The van der Waals surface area contributed by atoms with Gasteiger partial charge in [-0.3, -0.25) is 9.78 Å². The quantitative estimate of drug-likeness (QED) is 0.211. The zero-order chi connectivity index (χ0) is 32.1. The molecule has 2 N–H and O–H groups in total. The lowest BCUT2D eigenvalue weighted by Crippen LogP contribution is -2.22. The van der Waals surface area contributed by atoms with Crippen LogP contribution in [-0.2, 0) is 24.0 Å². The predicted octanol–water partition coefficient (Wildman–Crippen LogP) is 7.26. The van der Waals surface area contributed by atoms with E-state index in [9.17, 15) is 9.18 Å². The monoisotopic (exact) mass is 652 g/mol. The number of fused-ring (bicyclic) bond motifs is 5. The van der Waals surface area contributed by atoms with Crippen molar-refractivity contribution in [3.8, 4) is 21.9 Å². The molecular formula is C36H37FN6O3S. The molecule has 0 spiro atoms. The smallest absolute Gasteiger partial charge is 0.257 e. The van der Waals surface area contributed by atoms with Gasteiger partial charge in [0.15, 0.2) is 0 Å². The Balaban J connectivity index is 0.000000276. The fourth-order valence-corrected chi connectivity index (χ4v) is 8.74. The van der Waals surface area contributed by atoms with Crippen molar-refractivity contribution < 1.29 is 18.3 Å². The summed E-state index contributed by atoms with van der Waals surface area (Å²) in [6.07, 6.45) is 10.9. The number of rotatable bonds is 5. The molecule has 5 aromatic rings. The third-order valence-electron chi connectivity index (χ3n) is 9.98. The number of nitrogens with two attached hydrogens (primary N) is 1. The van der Waals surface area contributed by atoms with Gasteiger partial charge >= 0.3 is 0 Å². The van der Waals surface area contributed by atoms with Crippen LogP contribution in [0.1, 0.15) is 83.3 Å². The van der Waals surface area contributed by atoms with Gasteiger partial charge in [0.25, 0.3) is 5.91 Å². The van der Waals surface area contributed by atoms with Gasteiger partial charge in [-0.1, -0.05) is 6.07 Å². The van der Waals surface area contributed by atoms with Crippen LogP contribution in [0.2, 0.25) is 0 Å². The number of aryl methyl sites for hydroxylation is 4. The SMILES string of the molecule is Cc1nnc(-c2c(CCC3CCOCC3)nc3c(c2-c2cc4ccnc(N)c4s2)C(=O)N2CCCC32)o1.Fc1ccc2c(c1)CCC2. The minimum Gasteiger partial charge on any atom is -0.421 e. The minimum atomic E-state index is -0.0966. The Morgan fingerprint density at radius 3 is 2.68 bits per heavy atom. The Hall–Kier alpha value is -4.22. The summed E-state index contributed by atoms with van der Waals surface area (Å²) in [5.41, 5.74) is 12.9. The normalized spacial score (nSPS) is 18.7. The zero-order valence-corrected chi connectivity index (χ0v) is 27.2. The van der Waals surface area contributed by atoms with Gasteiger partial charge in [-0.05, 0) is 104 Å². The second-order valence-electron chi connectivity index (χ2n) is 12.9. The summed E-state index contributed by atoms with van der Waals surface area (Å²) in [6, 6.07) is 9.18. The van der Waals surface area contributed by atoms with E-state index in [1.807, 2.05) is 17.0 Å². The Kier molecular flexibility index (Phi) is 7.97. The molecule has 9 rings (SSSR count). The van der Waals surface area contributed by atoms with Crippen molar-refractivity contribution in [1.29, 1.82) is 0 Å². The lowest BCUT2D eigenvalue weighted by molar-refractivity contribution is 0.0639. The van der Waals surface area contributed by atoms with Crippen molar-refractivity contribution in [1.82, 2.24) is 25.1 Å². The molecule has 2 fully saturated rings. The third-order valence-corrected chi connectivity index (χ3v) is 11.2. The second-order valence-corrected chi connectivity index (χ2v) is 14.0. The summed E-state index contributed by atoms with van der Waals surface area (Å²) in [6.45, 7) is 4.17. The number of halogens is 1. The Morgan fingerprint density at radius 1 is 1.02 bits per heavy atom. The zero-order valence-electron chi connectivity index (χ0n) is 26.4. The van der Waals surface area contributed by atoms with E-state index in [2.05, 4.69) is 21.2 Å². The molecule has 4 aromatic heterocycles. The second kappa shape index (κ2) is 12.4. The van der Waals surface area contributed by atoms with E-state index in [1.54, 1.807) is 36.6 Å². The van der Waals surface area contributed by atoms with Crippen molar-refractivity contribution in [3.05, 3.63) is 76.3 Å². The standard InChI is InChI=1S/C27H28N6O3S.C9H9F/c1-14-31-32-26(36-14)20-17(5-4-15-7-11-35-12-8-15)30-23-18-3-2-10-33(18)27(34)22(23)21(20)19-13-16-6-9-29-25(28)24(16)37-19;10-9-5-4-7-2-1-3-8(7)6-9/h6,9,13,15,18H,2-5,7-8,10-12H2,1H3,(H2,28,29);4-6H,1-3H2. The maximum Gasteiger partial charge on any atom is 0.257 e. The molecule has 242 valence electrons. The van der Waals surface area contributed by atoms with Crippen molar-refractivity contribution in [3.63, 3.8) is 0 Å². The van der Waals surface area contributed by atoms with Crippen molar-refractivity contribution in [2.45, 2.75) is 70.8 Å². The highest BCUT2D eigenvalue weighted by atomic mass is 32.1. The largest absolute Gasteiger partial charge is 0.421 e. The fraction of sp³-hybridized carbons (Fsp3) is 0.417. The molecule has 0 saturated carbocycles. The lowest BCUT2D eigenvalue weighted by Gasteiger charge is -2.22. The van der Waals surface area contributed by atoms with E-state index >= 15 is 0 Å². The number of hydrogen-bond acceptors (Lipinski definition) is 9. The predicted molar refractivity (Wildman–Crippen MR) is 179 cm³/mol. The number of pyridine rings is 2. The molecule has 2 saturated heterocycles. The topological polar surface area (TPSA) is 120 Å². The molecule has 9 nitrogen and oxygen atoms in total. The number of anilines is 1. The molecule has 4 aliphatic rings. The van der Waals surface area contributed by atoms with Crippen LogP contribution in [0.3, 0.4) is 0 Å². The van der Waals surface area contributed by atoms with Crippen LogP contribution in [-0.4, -0.2) is 50.7 Å². The Labute approximate surface area is 276 Å². The first-order valence-corrected chi connectivity index (χ1v) is 17.4. The van der Waals surface area contributed by atoms with Crippen LogP contribution in [0.15, 0.2) is 40.9 Å². The molecule has 7 heterocycles. The highest BCUT2D eigenvalue weighted by Crippen LogP contribution is 2.50. The maximum absolute atomic E-state index is 13.8. The number of amides is 1. The van der Waals surface area contributed by atoms with Crippen molar-refractivity contribution in [2.75, 3.05) is 25.5 Å². The number of thiophene rings is 1. The van der Waals surface area contributed by atoms with Gasteiger partial charge in [-0.2, -0.15) is 0 Å². The Bertz CT molecular complexity index is 1980. The molecule has 1 amide bonds. The molecule has 3 aliphatic heterocycles. The first-order chi connectivity index (χ1) is 22.9. The molecule has 0 bridgehead atoms. The van der Waals surface area contributed by atoms with Crippen LogP contribution in [0.4, 0.5) is 10.2 Å². The van der Waals surface area contributed by atoms with E-state index in [1.165, 1.54) is 17.5 Å². The number of hydrogen-bond donors (Lipinski definition) is 1. The molecular weight excluding hydrogens is 616 g/mol. The number of aromatic nitrogens is 4. The number of ether oxygens (including phenoxy) is 1. The van der Waals surface area contributed by atoms with Gasteiger partial charge in [-0.15, -0.1) is 21.5 Å². The van der Waals surface area contributed by atoms with Crippen molar-refractivity contribution >= 4 is 33.1 Å². The van der Waals surface area contributed by atoms with Crippen LogP contribution in [0.25, 0.3) is 32.0 Å².